The van der Waals surface area contributed by atoms with Gasteiger partial charge in [0.15, 0.2) is 0 Å². The highest BCUT2D eigenvalue weighted by Gasteiger charge is 2.27. The normalized spacial score (nSPS) is 14.3. The first-order valence-corrected chi connectivity index (χ1v) is 10.4. The molecule has 2 aromatic carbocycles. The van der Waals surface area contributed by atoms with Crippen molar-refractivity contribution < 1.29 is 9.18 Å². The molecular formula is C23H24ClFN4O. The number of anilines is 1. The maximum Gasteiger partial charge on any atom is 0.257 e. The van der Waals surface area contributed by atoms with Crippen LogP contribution in [0.1, 0.15) is 27.3 Å². The SMILES string of the molecule is Cc1nn(Cc2ccccc2Cl)c(C)c1C(=O)N1CCN(c2ccccc2F)CC1. The standard InChI is InChI=1S/C23H24ClFN4O/c1-16-22(17(2)29(26-16)15-18-7-3-4-8-19(18)24)23(30)28-13-11-27(12-14-28)21-10-6-5-9-20(21)25/h3-10H,11-15H2,1-2H3. The number of rotatable bonds is 4. The molecule has 7 heteroatoms. The molecule has 1 saturated heterocycles. The average molecular weight is 427 g/mol. The van der Waals surface area contributed by atoms with Crippen molar-refractivity contribution in [3.05, 3.63) is 81.9 Å². The van der Waals surface area contributed by atoms with Crippen LogP contribution in [0.15, 0.2) is 48.5 Å². The van der Waals surface area contributed by atoms with Crippen molar-refractivity contribution in [3.63, 3.8) is 0 Å². The van der Waals surface area contributed by atoms with E-state index in [2.05, 4.69) is 5.10 Å². The number of carbonyl (C=O) groups is 1. The highest BCUT2D eigenvalue weighted by Crippen LogP contribution is 2.23. The Labute approximate surface area is 180 Å². The lowest BCUT2D eigenvalue weighted by atomic mass is 10.1. The predicted molar refractivity (Wildman–Crippen MR) is 117 cm³/mol. The summed E-state index contributed by atoms with van der Waals surface area (Å²) < 4.78 is 15.9. The molecule has 0 atom stereocenters. The maximum atomic E-state index is 14.1. The van der Waals surface area contributed by atoms with Crippen molar-refractivity contribution in [2.75, 3.05) is 31.1 Å². The van der Waals surface area contributed by atoms with Crippen molar-refractivity contribution in [2.24, 2.45) is 0 Å². The van der Waals surface area contributed by atoms with Gasteiger partial charge >= 0.3 is 0 Å². The topological polar surface area (TPSA) is 41.4 Å². The van der Waals surface area contributed by atoms with Crippen LogP contribution in [0.3, 0.4) is 0 Å². The summed E-state index contributed by atoms with van der Waals surface area (Å²) in [5, 5.41) is 5.27. The number of amides is 1. The van der Waals surface area contributed by atoms with Gasteiger partial charge in [-0.05, 0) is 37.6 Å². The van der Waals surface area contributed by atoms with Crippen molar-refractivity contribution in [1.29, 1.82) is 0 Å². The predicted octanol–water partition coefficient (Wildman–Crippen LogP) is 4.30. The second-order valence-electron chi connectivity index (χ2n) is 7.53. The van der Waals surface area contributed by atoms with Crippen LogP contribution >= 0.6 is 11.6 Å². The number of halogens is 2. The molecule has 1 aliphatic rings. The van der Waals surface area contributed by atoms with E-state index in [-0.39, 0.29) is 11.7 Å². The van der Waals surface area contributed by atoms with Crippen LogP contribution in [0.25, 0.3) is 0 Å². The molecule has 1 fully saturated rings. The smallest absolute Gasteiger partial charge is 0.257 e. The largest absolute Gasteiger partial charge is 0.366 e. The summed E-state index contributed by atoms with van der Waals surface area (Å²) in [4.78, 5) is 17.1. The monoisotopic (exact) mass is 426 g/mol. The number of para-hydroxylation sites is 1. The summed E-state index contributed by atoms with van der Waals surface area (Å²) in [5.74, 6) is -0.256. The van der Waals surface area contributed by atoms with Gasteiger partial charge in [0.1, 0.15) is 5.82 Å². The van der Waals surface area contributed by atoms with E-state index in [0.29, 0.717) is 54.7 Å². The fourth-order valence-electron chi connectivity index (χ4n) is 3.97. The maximum absolute atomic E-state index is 14.1. The zero-order chi connectivity index (χ0) is 21.3. The number of aryl methyl sites for hydroxylation is 1. The van der Waals surface area contributed by atoms with Crippen molar-refractivity contribution in [3.8, 4) is 0 Å². The van der Waals surface area contributed by atoms with Crippen molar-refractivity contribution >= 4 is 23.2 Å². The van der Waals surface area contributed by atoms with Crippen LogP contribution in [-0.2, 0) is 6.54 Å². The molecule has 0 N–H and O–H groups in total. The molecule has 4 rings (SSSR count). The van der Waals surface area contributed by atoms with Crippen LogP contribution in [0, 0.1) is 19.7 Å². The molecule has 3 aromatic rings. The third-order valence-electron chi connectivity index (χ3n) is 5.63. The highest BCUT2D eigenvalue weighted by atomic mass is 35.5. The van der Waals surface area contributed by atoms with Gasteiger partial charge in [0.05, 0.1) is 23.5 Å². The zero-order valence-electron chi connectivity index (χ0n) is 17.1. The number of hydrogen-bond acceptors (Lipinski definition) is 3. The van der Waals surface area contributed by atoms with Gasteiger partial charge in [-0.15, -0.1) is 0 Å². The van der Waals surface area contributed by atoms with E-state index >= 15 is 0 Å². The quantitative estimate of drug-likeness (QED) is 0.624. The van der Waals surface area contributed by atoms with Crippen LogP contribution in [0.5, 0.6) is 0 Å². The molecule has 1 aromatic heterocycles. The minimum absolute atomic E-state index is 0.0245. The van der Waals surface area contributed by atoms with E-state index in [9.17, 15) is 9.18 Å². The molecule has 0 unspecified atom stereocenters. The molecule has 0 saturated carbocycles. The Kier molecular flexibility index (Phi) is 5.77. The van der Waals surface area contributed by atoms with Crippen LogP contribution in [0.4, 0.5) is 10.1 Å². The third-order valence-corrected chi connectivity index (χ3v) is 6.00. The number of aromatic nitrogens is 2. The first-order chi connectivity index (χ1) is 14.5. The fourth-order valence-corrected chi connectivity index (χ4v) is 4.16. The first-order valence-electron chi connectivity index (χ1n) is 10.0. The van der Waals surface area contributed by atoms with Gasteiger partial charge in [-0.2, -0.15) is 5.10 Å². The lowest BCUT2D eigenvalue weighted by molar-refractivity contribution is 0.0745. The van der Waals surface area contributed by atoms with E-state index in [0.717, 1.165) is 11.3 Å². The number of carbonyl (C=O) groups excluding carboxylic acids is 1. The van der Waals surface area contributed by atoms with E-state index in [4.69, 9.17) is 11.6 Å². The molecule has 0 bridgehead atoms. The number of nitrogens with zero attached hydrogens (tertiary/aromatic N) is 4. The van der Waals surface area contributed by atoms with Gasteiger partial charge in [0.2, 0.25) is 0 Å². The fraction of sp³-hybridized carbons (Fsp3) is 0.304. The molecular weight excluding hydrogens is 403 g/mol. The average Bonchev–Trinajstić information content (AvgIpc) is 3.03. The van der Waals surface area contributed by atoms with Crippen molar-refractivity contribution in [2.45, 2.75) is 20.4 Å². The lowest BCUT2D eigenvalue weighted by Gasteiger charge is -2.36. The highest BCUT2D eigenvalue weighted by molar-refractivity contribution is 6.31. The minimum atomic E-state index is -0.232. The molecule has 1 aliphatic heterocycles. The first kappa shape index (κ1) is 20.4. The van der Waals surface area contributed by atoms with Gasteiger partial charge in [0, 0.05) is 36.9 Å². The number of piperazine rings is 1. The Morgan fingerprint density at radius 1 is 1.03 bits per heavy atom. The van der Waals surface area contributed by atoms with Crippen LogP contribution < -0.4 is 4.90 Å². The Bertz CT molecular complexity index is 1070. The Balaban J connectivity index is 1.49. The summed E-state index contributed by atoms with van der Waals surface area (Å²) in [6.45, 7) is 6.57. The van der Waals surface area contributed by atoms with Gasteiger partial charge in [-0.1, -0.05) is 41.9 Å². The van der Waals surface area contributed by atoms with Gasteiger partial charge < -0.3 is 9.80 Å². The molecule has 5 nitrogen and oxygen atoms in total. The third kappa shape index (κ3) is 3.92. The molecule has 1 amide bonds. The lowest BCUT2D eigenvalue weighted by Crippen LogP contribution is -2.49. The van der Waals surface area contributed by atoms with Crippen LogP contribution in [0.2, 0.25) is 5.02 Å². The summed E-state index contributed by atoms with van der Waals surface area (Å²) in [6, 6.07) is 14.4. The molecule has 2 heterocycles. The second-order valence-corrected chi connectivity index (χ2v) is 7.93. The van der Waals surface area contributed by atoms with Gasteiger partial charge in [-0.25, -0.2) is 4.39 Å². The van der Waals surface area contributed by atoms with Gasteiger partial charge in [-0.3, -0.25) is 9.48 Å². The zero-order valence-corrected chi connectivity index (χ0v) is 17.9. The molecule has 0 aliphatic carbocycles. The van der Waals surface area contributed by atoms with E-state index in [1.165, 1.54) is 6.07 Å². The number of hydrogen-bond donors (Lipinski definition) is 0. The second kappa shape index (κ2) is 8.48. The molecule has 156 valence electrons. The van der Waals surface area contributed by atoms with E-state index in [1.807, 2.05) is 58.7 Å². The summed E-state index contributed by atoms with van der Waals surface area (Å²) in [7, 11) is 0. The number of benzene rings is 2. The molecule has 0 radical (unpaired) electrons. The van der Waals surface area contributed by atoms with E-state index < -0.39 is 0 Å². The Morgan fingerprint density at radius 3 is 2.40 bits per heavy atom. The Morgan fingerprint density at radius 2 is 1.70 bits per heavy atom. The summed E-state index contributed by atoms with van der Waals surface area (Å²) >= 11 is 6.29. The summed E-state index contributed by atoms with van der Waals surface area (Å²) in [6.07, 6.45) is 0. The Hall–Kier alpha value is -2.86. The molecule has 0 spiro atoms. The van der Waals surface area contributed by atoms with E-state index in [1.54, 1.807) is 12.1 Å². The van der Waals surface area contributed by atoms with Crippen LogP contribution in [-0.4, -0.2) is 46.8 Å². The van der Waals surface area contributed by atoms with Crippen molar-refractivity contribution in [1.82, 2.24) is 14.7 Å². The minimum Gasteiger partial charge on any atom is -0.366 e. The van der Waals surface area contributed by atoms with Gasteiger partial charge in [0.25, 0.3) is 5.91 Å². The summed E-state index contributed by atoms with van der Waals surface area (Å²) in [5.41, 5.74) is 3.73. The molecule has 30 heavy (non-hydrogen) atoms.